The molecule has 1 aromatic rings. The van der Waals surface area contributed by atoms with E-state index in [1.165, 1.54) is 0 Å². The standard InChI is InChI=1S/C11H16N4O3S/c16-10(13-8-2-5-19(17,18)7-8)9-6-15-4-1-3-12-11(15)14-9/h6,8H,1-5,7H2,(H,12,14)(H,13,16). The number of carbonyl (C=O) groups is 1. The first-order valence-corrected chi connectivity index (χ1v) is 8.18. The molecule has 0 aromatic carbocycles. The second kappa shape index (κ2) is 4.52. The van der Waals surface area contributed by atoms with Crippen LogP contribution in [0.25, 0.3) is 0 Å². The maximum Gasteiger partial charge on any atom is 0.271 e. The summed E-state index contributed by atoms with van der Waals surface area (Å²) in [4.78, 5) is 16.2. The quantitative estimate of drug-likeness (QED) is 0.772. The summed E-state index contributed by atoms with van der Waals surface area (Å²) in [6.07, 6.45) is 3.20. The summed E-state index contributed by atoms with van der Waals surface area (Å²) in [5.41, 5.74) is 0.341. The second-order valence-corrected chi connectivity index (χ2v) is 7.23. The number of rotatable bonds is 2. The Morgan fingerprint density at radius 2 is 2.37 bits per heavy atom. The highest BCUT2D eigenvalue weighted by Crippen LogP contribution is 2.15. The number of nitrogens with one attached hydrogen (secondary N) is 2. The predicted octanol–water partition coefficient (Wildman–Crippen LogP) is -0.384. The lowest BCUT2D eigenvalue weighted by molar-refractivity contribution is 0.0936. The third-order valence-corrected chi connectivity index (χ3v) is 5.20. The van der Waals surface area contributed by atoms with E-state index in [0.717, 1.165) is 19.5 Å². The van der Waals surface area contributed by atoms with Crippen molar-refractivity contribution in [2.45, 2.75) is 25.4 Å². The Morgan fingerprint density at radius 3 is 3.05 bits per heavy atom. The van der Waals surface area contributed by atoms with Gasteiger partial charge in [0.15, 0.2) is 9.84 Å². The van der Waals surface area contributed by atoms with Crippen LogP contribution in [-0.4, -0.2) is 48.0 Å². The van der Waals surface area contributed by atoms with Crippen LogP contribution in [0.5, 0.6) is 0 Å². The normalized spacial score (nSPS) is 24.5. The molecule has 2 aliphatic heterocycles. The van der Waals surface area contributed by atoms with Gasteiger partial charge in [-0.2, -0.15) is 0 Å². The van der Waals surface area contributed by atoms with Gasteiger partial charge in [0.1, 0.15) is 5.69 Å². The molecule has 1 aromatic heterocycles. The van der Waals surface area contributed by atoms with Crippen molar-refractivity contribution in [3.05, 3.63) is 11.9 Å². The molecule has 2 aliphatic rings. The van der Waals surface area contributed by atoms with Gasteiger partial charge in [0.05, 0.1) is 11.5 Å². The van der Waals surface area contributed by atoms with Crippen molar-refractivity contribution in [2.75, 3.05) is 23.4 Å². The van der Waals surface area contributed by atoms with Crippen molar-refractivity contribution in [3.63, 3.8) is 0 Å². The van der Waals surface area contributed by atoms with E-state index in [9.17, 15) is 13.2 Å². The third kappa shape index (κ3) is 2.58. The average Bonchev–Trinajstić information content (AvgIpc) is 2.92. The van der Waals surface area contributed by atoms with Gasteiger partial charge in [0.2, 0.25) is 5.95 Å². The van der Waals surface area contributed by atoms with Crippen LogP contribution >= 0.6 is 0 Å². The number of aromatic nitrogens is 2. The van der Waals surface area contributed by atoms with E-state index < -0.39 is 9.84 Å². The molecule has 19 heavy (non-hydrogen) atoms. The highest BCUT2D eigenvalue weighted by Gasteiger charge is 2.29. The van der Waals surface area contributed by atoms with Crippen LogP contribution in [0.15, 0.2) is 6.20 Å². The lowest BCUT2D eigenvalue weighted by atomic mass is 10.2. The maximum atomic E-state index is 12.0. The molecule has 7 nitrogen and oxygen atoms in total. The third-order valence-electron chi connectivity index (χ3n) is 3.44. The highest BCUT2D eigenvalue weighted by atomic mass is 32.2. The molecule has 0 aliphatic carbocycles. The van der Waals surface area contributed by atoms with Crippen LogP contribution in [-0.2, 0) is 16.4 Å². The van der Waals surface area contributed by atoms with Crippen molar-refractivity contribution in [3.8, 4) is 0 Å². The minimum absolute atomic E-state index is 0.0323. The molecule has 1 amide bonds. The van der Waals surface area contributed by atoms with Crippen molar-refractivity contribution in [1.29, 1.82) is 0 Å². The molecular formula is C11H16N4O3S. The largest absolute Gasteiger partial charge is 0.356 e. The van der Waals surface area contributed by atoms with Gasteiger partial charge < -0.3 is 15.2 Å². The average molecular weight is 284 g/mol. The van der Waals surface area contributed by atoms with E-state index >= 15 is 0 Å². The highest BCUT2D eigenvalue weighted by molar-refractivity contribution is 7.91. The van der Waals surface area contributed by atoms with Crippen LogP contribution < -0.4 is 10.6 Å². The Kier molecular flexibility index (Phi) is 2.96. The number of imidazole rings is 1. The number of carbonyl (C=O) groups excluding carboxylic acids is 1. The van der Waals surface area contributed by atoms with Gasteiger partial charge >= 0.3 is 0 Å². The number of sulfone groups is 1. The lowest BCUT2D eigenvalue weighted by Gasteiger charge is -2.14. The van der Waals surface area contributed by atoms with E-state index in [-0.39, 0.29) is 23.5 Å². The number of hydrogen-bond acceptors (Lipinski definition) is 5. The molecule has 0 bridgehead atoms. The molecular weight excluding hydrogens is 268 g/mol. The number of amides is 1. The Hall–Kier alpha value is -1.57. The molecule has 2 N–H and O–H groups in total. The molecule has 8 heteroatoms. The summed E-state index contributed by atoms with van der Waals surface area (Å²) >= 11 is 0. The molecule has 3 heterocycles. The zero-order chi connectivity index (χ0) is 13.5. The first-order valence-electron chi connectivity index (χ1n) is 6.36. The minimum Gasteiger partial charge on any atom is -0.356 e. The summed E-state index contributed by atoms with van der Waals surface area (Å²) in [5, 5.41) is 5.86. The molecule has 0 radical (unpaired) electrons. The number of hydrogen-bond donors (Lipinski definition) is 2. The molecule has 1 atom stereocenters. The first kappa shape index (κ1) is 12.5. The molecule has 0 spiro atoms. The van der Waals surface area contributed by atoms with E-state index in [1.807, 2.05) is 4.57 Å². The predicted molar refractivity (Wildman–Crippen MR) is 69.9 cm³/mol. The van der Waals surface area contributed by atoms with Gasteiger partial charge in [-0.25, -0.2) is 13.4 Å². The van der Waals surface area contributed by atoms with Crippen molar-refractivity contribution in [2.24, 2.45) is 0 Å². The molecule has 3 rings (SSSR count). The Labute approximate surface area is 111 Å². The summed E-state index contributed by atoms with van der Waals surface area (Å²) in [7, 11) is -2.98. The van der Waals surface area contributed by atoms with Crippen LogP contribution in [0.2, 0.25) is 0 Å². The van der Waals surface area contributed by atoms with E-state index in [4.69, 9.17) is 0 Å². The molecule has 0 saturated carbocycles. The Morgan fingerprint density at radius 1 is 1.53 bits per heavy atom. The second-order valence-electron chi connectivity index (χ2n) is 5.00. The minimum atomic E-state index is -2.98. The van der Waals surface area contributed by atoms with Gasteiger partial charge in [0, 0.05) is 25.3 Å². The lowest BCUT2D eigenvalue weighted by Crippen LogP contribution is -2.35. The molecule has 1 saturated heterocycles. The fourth-order valence-corrected chi connectivity index (χ4v) is 4.13. The van der Waals surface area contributed by atoms with Crippen molar-refractivity contribution < 1.29 is 13.2 Å². The van der Waals surface area contributed by atoms with Gasteiger partial charge in [-0.1, -0.05) is 0 Å². The Bertz CT molecular complexity index is 584. The molecule has 104 valence electrons. The number of nitrogens with zero attached hydrogens (tertiary/aromatic N) is 2. The van der Waals surface area contributed by atoms with Crippen LogP contribution in [0.4, 0.5) is 5.95 Å². The van der Waals surface area contributed by atoms with E-state index in [2.05, 4.69) is 15.6 Å². The van der Waals surface area contributed by atoms with E-state index in [0.29, 0.717) is 18.1 Å². The first-order chi connectivity index (χ1) is 9.03. The van der Waals surface area contributed by atoms with Crippen molar-refractivity contribution >= 4 is 21.7 Å². The van der Waals surface area contributed by atoms with Gasteiger partial charge in [-0.15, -0.1) is 0 Å². The molecule has 1 fully saturated rings. The topological polar surface area (TPSA) is 93.1 Å². The zero-order valence-electron chi connectivity index (χ0n) is 10.4. The van der Waals surface area contributed by atoms with Gasteiger partial charge in [0.25, 0.3) is 5.91 Å². The zero-order valence-corrected chi connectivity index (χ0v) is 11.2. The van der Waals surface area contributed by atoms with E-state index in [1.54, 1.807) is 6.20 Å². The van der Waals surface area contributed by atoms with Gasteiger partial charge in [-0.3, -0.25) is 4.79 Å². The summed E-state index contributed by atoms with van der Waals surface area (Å²) in [6.45, 7) is 1.71. The smallest absolute Gasteiger partial charge is 0.271 e. The monoisotopic (exact) mass is 284 g/mol. The van der Waals surface area contributed by atoms with Crippen LogP contribution in [0.3, 0.4) is 0 Å². The summed E-state index contributed by atoms with van der Waals surface area (Å²) < 4.78 is 24.6. The number of fused-ring (bicyclic) bond motifs is 1. The maximum absolute atomic E-state index is 12.0. The fourth-order valence-electron chi connectivity index (χ4n) is 2.45. The summed E-state index contributed by atoms with van der Waals surface area (Å²) in [6, 6.07) is -0.288. The number of anilines is 1. The molecule has 1 unspecified atom stereocenters. The van der Waals surface area contributed by atoms with Crippen LogP contribution in [0, 0.1) is 0 Å². The fraction of sp³-hybridized carbons (Fsp3) is 0.636. The van der Waals surface area contributed by atoms with Gasteiger partial charge in [-0.05, 0) is 12.8 Å². The SMILES string of the molecule is O=C(NC1CCS(=O)(=O)C1)c1cn2c(n1)NCCC2. The number of aryl methyl sites for hydroxylation is 1. The summed E-state index contributed by atoms with van der Waals surface area (Å²) in [5.74, 6) is 0.588. The Balaban J connectivity index is 1.69. The van der Waals surface area contributed by atoms with Crippen LogP contribution in [0.1, 0.15) is 23.3 Å². The van der Waals surface area contributed by atoms with Crippen molar-refractivity contribution in [1.82, 2.24) is 14.9 Å².